The smallest absolute Gasteiger partial charge is 0.370 e. The number of halogens is 2. The Balaban J connectivity index is 0.000000281. The van der Waals surface area contributed by atoms with Gasteiger partial charge in [0.05, 0.1) is 126 Å². The number of aliphatic hydroxyl groups excluding tert-OH is 1. The molecule has 0 bridgehead atoms. The predicted molar refractivity (Wildman–Crippen MR) is 557 cm³/mol. The van der Waals surface area contributed by atoms with Crippen LogP contribution in [0.2, 0.25) is 0 Å². The molecule has 0 fully saturated rings. The highest BCUT2D eigenvalue weighted by atomic mass is 127. The van der Waals surface area contributed by atoms with Gasteiger partial charge in [0.15, 0.2) is 69.6 Å². The number of aliphatic hydroxyl groups is 1. The van der Waals surface area contributed by atoms with Crippen molar-refractivity contribution in [3.8, 4) is 63.2 Å². The molecule has 132 heavy (non-hydrogen) atoms. The van der Waals surface area contributed by atoms with Gasteiger partial charge in [0, 0.05) is 36.4 Å². The summed E-state index contributed by atoms with van der Waals surface area (Å²) in [6.45, 7) is 29.9. The van der Waals surface area contributed by atoms with E-state index in [0.717, 1.165) is 115 Å². The fraction of sp³-hybridized carbons (Fsp3) is 0.413. The van der Waals surface area contributed by atoms with E-state index in [-0.39, 0.29) is 54.4 Å². The normalized spacial score (nSPS) is 14.2. The highest BCUT2D eigenvalue weighted by Gasteiger charge is 2.42. The van der Waals surface area contributed by atoms with Gasteiger partial charge in [-0.3, -0.25) is 4.99 Å². The van der Waals surface area contributed by atoms with E-state index in [0.29, 0.717) is 81.4 Å². The molecule has 0 radical (unpaired) electrons. The van der Waals surface area contributed by atoms with E-state index in [1.807, 2.05) is 95.9 Å². The Kier molecular flexibility index (Phi) is 47.9. The van der Waals surface area contributed by atoms with Gasteiger partial charge in [-0.2, -0.15) is 4.58 Å². The molecule has 716 valence electrons. The molecular formula is C109H146BrIN4O16P+. The first-order chi connectivity index (χ1) is 62.8. The van der Waals surface area contributed by atoms with Crippen LogP contribution in [0.5, 0.6) is 63.2 Å². The van der Waals surface area contributed by atoms with Gasteiger partial charge in [-0.05, 0) is 206 Å². The van der Waals surface area contributed by atoms with Crippen molar-refractivity contribution in [3.63, 3.8) is 0 Å². The van der Waals surface area contributed by atoms with E-state index >= 15 is 0 Å². The summed E-state index contributed by atoms with van der Waals surface area (Å²) in [5, 5.41) is 13.0. The molecule has 0 spiro atoms. The van der Waals surface area contributed by atoms with Crippen LogP contribution in [-0.2, 0) is 52.9 Å². The van der Waals surface area contributed by atoms with E-state index in [1.54, 1.807) is 84.3 Å². The SMILES string of the molecule is C.CC(Br)Cc1ccccc1.CI.COC(=O)c1cc(OC)c(OC)cc1C(C)Cc1ccccc1.COc1cc(C2=NC(C)(C)CO2)c(C(C)Cc2ccccc2)cc1OC.COc1cc(C2=[N+](C)C(C)(C)CO2)c(C(C)Cc2ccccc2)cc1OC.COc1cc(CO)c(C(C)Cc2ccccc2)cc1OC.COc1cc(OC)c(C2=NCC(C)(C)N2)cc1OC.CPC. The second-order valence-electron chi connectivity index (χ2n) is 33.8. The lowest BCUT2D eigenvalue weighted by Crippen LogP contribution is -2.39. The van der Waals surface area contributed by atoms with Crippen LogP contribution in [-0.4, -0.2) is 185 Å². The van der Waals surface area contributed by atoms with Crippen LogP contribution in [0.1, 0.15) is 190 Å². The maximum Gasteiger partial charge on any atom is 0.370 e. The Morgan fingerprint density at radius 1 is 0.439 bits per heavy atom. The summed E-state index contributed by atoms with van der Waals surface area (Å²) in [6.07, 6.45) is 4.73. The van der Waals surface area contributed by atoms with Crippen LogP contribution in [0, 0.1) is 0 Å². The summed E-state index contributed by atoms with van der Waals surface area (Å²) in [4.78, 5) is 24.0. The fourth-order valence-corrected chi connectivity index (χ4v) is 15.5. The zero-order valence-electron chi connectivity index (χ0n) is 82.1. The number of amidine groups is 1. The van der Waals surface area contributed by atoms with E-state index in [9.17, 15) is 9.90 Å². The number of hydrogen-bond donors (Lipinski definition) is 2. The molecule has 2 N–H and O–H groups in total. The van der Waals surface area contributed by atoms with Gasteiger partial charge < -0.3 is 76.7 Å². The second-order valence-corrected chi connectivity index (χ2v) is 36.4. The molecule has 3 aliphatic rings. The fourth-order valence-electron chi connectivity index (χ4n) is 15.1. The number of hydrogen-bond acceptors (Lipinski definition) is 19. The van der Waals surface area contributed by atoms with Crippen LogP contribution in [0.4, 0.5) is 0 Å². The predicted octanol–water partition coefficient (Wildman–Crippen LogP) is 23.7. The van der Waals surface area contributed by atoms with Crippen molar-refractivity contribution in [2.75, 3.05) is 130 Å². The average Bonchev–Trinajstić information content (AvgIpc) is 1.61. The number of alkyl halides is 2. The quantitative estimate of drug-likeness (QED) is 0.0141. The summed E-state index contributed by atoms with van der Waals surface area (Å²) < 4.78 is 78.7. The van der Waals surface area contributed by atoms with Crippen LogP contribution < -0.4 is 57.4 Å². The third kappa shape index (κ3) is 33.0. The van der Waals surface area contributed by atoms with E-state index < -0.39 is 0 Å². The summed E-state index contributed by atoms with van der Waals surface area (Å²) in [7, 11) is 22.4. The van der Waals surface area contributed by atoms with E-state index in [1.165, 1.54) is 40.5 Å². The van der Waals surface area contributed by atoms with Crippen molar-refractivity contribution in [2.24, 2.45) is 9.98 Å². The lowest BCUT2D eigenvalue weighted by atomic mass is 9.89. The number of benzene rings is 10. The Morgan fingerprint density at radius 2 is 0.758 bits per heavy atom. The van der Waals surface area contributed by atoms with Crippen molar-refractivity contribution < 1.29 is 80.8 Å². The molecular weight excluding hydrogens is 1860 g/mol. The third-order valence-electron chi connectivity index (χ3n) is 22.2. The lowest BCUT2D eigenvalue weighted by molar-refractivity contribution is -0.562. The molecule has 3 heterocycles. The minimum atomic E-state index is -0.374. The first-order valence-corrected chi connectivity index (χ1v) is 49.0. The lowest BCUT2D eigenvalue weighted by Gasteiger charge is -2.20. The molecule has 5 atom stereocenters. The van der Waals surface area contributed by atoms with Crippen LogP contribution in [0.25, 0.3) is 0 Å². The van der Waals surface area contributed by atoms with Gasteiger partial charge in [0.2, 0.25) is 5.90 Å². The number of carbonyl (C=O) groups excluding carboxylic acids is 1. The first kappa shape index (κ1) is 112. The summed E-state index contributed by atoms with van der Waals surface area (Å²) >= 11 is 5.66. The molecule has 0 saturated carbocycles. The average molecular weight is 2010 g/mol. The maximum atomic E-state index is 12.1. The van der Waals surface area contributed by atoms with Gasteiger partial charge in [-0.25, -0.2) is 9.79 Å². The number of ether oxygens (including phenoxy) is 14. The maximum absolute atomic E-state index is 12.1. The molecule has 13 rings (SSSR count). The van der Waals surface area contributed by atoms with Gasteiger partial charge in [0.25, 0.3) is 0 Å². The molecule has 3 aliphatic heterocycles. The molecule has 0 saturated heterocycles. The van der Waals surface area contributed by atoms with Crippen LogP contribution in [0.3, 0.4) is 0 Å². The number of aliphatic imine (C=N–C) groups is 2. The molecule has 0 aromatic heterocycles. The van der Waals surface area contributed by atoms with Crippen molar-refractivity contribution in [1.82, 2.24) is 5.32 Å². The number of nitrogens with zero attached hydrogens (tertiary/aromatic N) is 3. The van der Waals surface area contributed by atoms with Crippen molar-refractivity contribution in [1.29, 1.82) is 0 Å². The standard InChI is InChI=1S/C23H30NO3.C22H27NO3.C19H22O4.C18H22O3.C14H20N2O3.C9H11Br.C2H7P.CH3I.CH4/c1-16(12-17-10-8-7-9-11-17)18-13-20(25-5)21(26-6)14-19(18)22-24(4)23(2,3)15-27-22;1-15(11-16-9-7-6-8-10-16)17-12-19(24-4)20(25-5)13-18(17)21-23-22(2,3)14-26-21;1-13(10-14-8-6-5-7-9-14)15-11-17(21-2)18(22-3)12-16(15)19(20)23-4;1-13(9-14-7-5-4-6-8-14)16-11-18(21-3)17(20-2)10-15(16)12-19;1-14(2)8-15-13(16-14)9-6-11(18-4)12(19-5)7-10(9)17-3;1-8(10)7-9-5-3-2-4-6-9;1-3-2;1-2;/h7-11,13-14,16H,12,15H2,1-6H3;6-10,12-13,15H,11,14H2,1-5H3;5-9,11-13H,10H2,1-4H3;4-8,10-11,13,19H,9,12H2,1-3H3;6-7H,8H2,1-5H3,(H,15,16);2-6,8H,7H2,1H3;3H,1-2H3;1H3;1H4/q+1;;;;;;;;. The summed E-state index contributed by atoms with van der Waals surface area (Å²) in [5.74, 6) is 10.4. The van der Waals surface area contributed by atoms with Crippen molar-refractivity contribution in [2.45, 2.75) is 167 Å². The Hall–Kier alpha value is -10.5. The number of nitrogens with one attached hydrogen (secondary N) is 1. The minimum absolute atomic E-state index is 0. The highest BCUT2D eigenvalue weighted by molar-refractivity contribution is 14.1. The Labute approximate surface area is 812 Å². The molecule has 10 aromatic rings. The largest absolute Gasteiger partial charge is 0.496 e. The molecule has 0 aliphatic carbocycles. The molecule has 5 unspecified atom stereocenters. The third-order valence-corrected chi connectivity index (χ3v) is 22.5. The van der Waals surface area contributed by atoms with Crippen LogP contribution in [0.15, 0.2) is 222 Å². The molecule has 20 nitrogen and oxygen atoms in total. The van der Waals surface area contributed by atoms with Gasteiger partial charge >= 0.3 is 11.9 Å². The zero-order valence-corrected chi connectivity index (χ0v) is 86.9. The summed E-state index contributed by atoms with van der Waals surface area (Å²) in [5.41, 5.74) is 14.9. The molecule has 23 heteroatoms. The number of esters is 1. The van der Waals surface area contributed by atoms with Gasteiger partial charge in [-0.15, -0.1) is 8.58 Å². The Morgan fingerprint density at radius 3 is 1.09 bits per heavy atom. The summed E-state index contributed by atoms with van der Waals surface area (Å²) in [6, 6.07) is 71.3. The number of carbonyl (C=O) groups is 1. The monoisotopic (exact) mass is 2000 g/mol. The van der Waals surface area contributed by atoms with Crippen LogP contribution >= 0.6 is 47.1 Å². The second kappa shape index (κ2) is 56.5. The number of likely N-dealkylation sites (N-methyl/N-ethyl adjacent to an activating group) is 1. The molecule has 10 aromatic carbocycles. The van der Waals surface area contributed by atoms with Crippen molar-refractivity contribution >= 4 is 70.7 Å². The Bertz CT molecular complexity index is 5240. The number of methoxy groups -OCH3 is 12. The van der Waals surface area contributed by atoms with E-state index in [2.05, 4.69) is 265 Å². The minimum Gasteiger partial charge on any atom is -0.496 e. The van der Waals surface area contributed by atoms with Crippen molar-refractivity contribution in [3.05, 3.63) is 290 Å². The zero-order chi connectivity index (χ0) is 96.5. The van der Waals surface area contributed by atoms with Gasteiger partial charge in [-0.1, -0.05) is 232 Å². The highest BCUT2D eigenvalue weighted by Crippen LogP contribution is 2.42. The topological polar surface area (TPSA) is 206 Å². The molecule has 0 amide bonds. The van der Waals surface area contributed by atoms with Gasteiger partial charge in [0.1, 0.15) is 25.2 Å². The number of rotatable bonds is 30. The first-order valence-electron chi connectivity index (χ1n) is 43.9. The van der Waals surface area contributed by atoms with E-state index in [4.69, 9.17) is 71.3 Å².